The first-order chi connectivity index (χ1) is 7.88. The third kappa shape index (κ3) is 3.80. The van der Waals surface area contributed by atoms with Gasteiger partial charge in [-0.2, -0.15) is 0 Å². The van der Waals surface area contributed by atoms with Gasteiger partial charge < -0.3 is 4.90 Å². The molecule has 0 N–H and O–H groups in total. The van der Waals surface area contributed by atoms with Crippen molar-refractivity contribution in [2.24, 2.45) is 11.3 Å². The van der Waals surface area contributed by atoms with Crippen LogP contribution in [0.5, 0.6) is 0 Å². The van der Waals surface area contributed by atoms with Gasteiger partial charge in [-0.1, -0.05) is 33.6 Å². The van der Waals surface area contributed by atoms with Gasteiger partial charge in [-0.15, -0.1) is 0 Å². The van der Waals surface area contributed by atoms with Gasteiger partial charge in [-0.3, -0.25) is 4.79 Å². The second-order valence-electron chi connectivity index (χ2n) is 6.41. The summed E-state index contributed by atoms with van der Waals surface area (Å²) in [5, 5.41) is 0. The summed E-state index contributed by atoms with van der Waals surface area (Å²) in [7, 11) is 2.16. The zero-order chi connectivity index (χ0) is 13.1. The van der Waals surface area contributed by atoms with Gasteiger partial charge in [0.25, 0.3) is 0 Å². The fourth-order valence-electron chi connectivity index (χ4n) is 2.94. The largest absolute Gasteiger partial charge is 0.303 e. The Morgan fingerprint density at radius 1 is 1.47 bits per heavy atom. The number of carbonyl (C=O) groups is 1. The summed E-state index contributed by atoms with van der Waals surface area (Å²) in [5.74, 6) is 0.752. The number of Topliss-reactive ketones (excluding diaryl/α,β-unsaturated/α-hetero) is 1. The van der Waals surface area contributed by atoms with Gasteiger partial charge in [-0.25, -0.2) is 0 Å². The zero-order valence-electron chi connectivity index (χ0n) is 12.3. The van der Waals surface area contributed by atoms with Crippen LogP contribution in [0, 0.1) is 11.3 Å². The third-order valence-corrected chi connectivity index (χ3v) is 4.36. The lowest BCUT2D eigenvalue weighted by Crippen LogP contribution is -2.42. The highest BCUT2D eigenvalue weighted by atomic mass is 16.1. The van der Waals surface area contributed by atoms with E-state index < -0.39 is 0 Å². The van der Waals surface area contributed by atoms with Crippen molar-refractivity contribution in [2.45, 2.75) is 65.8 Å². The van der Waals surface area contributed by atoms with Crippen LogP contribution in [0.1, 0.15) is 59.8 Å². The lowest BCUT2D eigenvalue weighted by molar-refractivity contribution is -0.135. The molecule has 2 nitrogen and oxygen atoms in total. The van der Waals surface area contributed by atoms with Crippen LogP contribution in [0.4, 0.5) is 0 Å². The molecule has 0 radical (unpaired) electrons. The Kier molecular flexibility index (Phi) is 5.18. The van der Waals surface area contributed by atoms with E-state index in [-0.39, 0.29) is 11.3 Å². The molecule has 0 saturated heterocycles. The van der Waals surface area contributed by atoms with Crippen LogP contribution < -0.4 is 0 Å². The maximum Gasteiger partial charge on any atom is 0.142 e. The first-order valence-corrected chi connectivity index (χ1v) is 7.13. The smallest absolute Gasteiger partial charge is 0.142 e. The van der Waals surface area contributed by atoms with E-state index in [1.165, 1.54) is 19.3 Å². The van der Waals surface area contributed by atoms with Crippen molar-refractivity contribution in [3.8, 4) is 0 Å². The molecule has 1 aliphatic carbocycles. The molecule has 100 valence electrons. The summed E-state index contributed by atoms with van der Waals surface area (Å²) in [6.45, 7) is 9.65. The molecule has 1 rings (SSSR count). The van der Waals surface area contributed by atoms with Crippen LogP contribution in [0.2, 0.25) is 0 Å². The predicted octanol–water partition coefficient (Wildman–Crippen LogP) is 3.50. The Balaban J connectivity index is 2.53. The van der Waals surface area contributed by atoms with E-state index in [4.69, 9.17) is 0 Å². The first-order valence-electron chi connectivity index (χ1n) is 7.13. The second kappa shape index (κ2) is 5.99. The molecule has 1 saturated carbocycles. The monoisotopic (exact) mass is 239 g/mol. The van der Waals surface area contributed by atoms with Gasteiger partial charge in [0, 0.05) is 23.9 Å². The minimum Gasteiger partial charge on any atom is -0.303 e. The standard InChI is InChI=1S/C15H29NO/c1-6-8-12(2)16(5)11-13-9-7-10-15(3,4)14(13)17/h12-13H,6-11H2,1-5H3. The maximum absolute atomic E-state index is 12.3. The Morgan fingerprint density at radius 3 is 2.71 bits per heavy atom. The Morgan fingerprint density at radius 2 is 2.12 bits per heavy atom. The van der Waals surface area contributed by atoms with Gasteiger partial charge in [0.05, 0.1) is 0 Å². The van der Waals surface area contributed by atoms with Crippen LogP contribution in [0.3, 0.4) is 0 Å². The van der Waals surface area contributed by atoms with Crippen LogP contribution in [0.15, 0.2) is 0 Å². The molecule has 1 fully saturated rings. The fraction of sp³-hybridized carbons (Fsp3) is 0.933. The predicted molar refractivity (Wildman–Crippen MR) is 73.1 cm³/mol. The van der Waals surface area contributed by atoms with E-state index >= 15 is 0 Å². The second-order valence-corrected chi connectivity index (χ2v) is 6.41. The number of hydrogen-bond acceptors (Lipinski definition) is 2. The summed E-state index contributed by atoms with van der Waals surface area (Å²) in [6, 6.07) is 0.595. The average molecular weight is 239 g/mol. The Bertz CT molecular complexity index is 260. The highest BCUT2D eigenvalue weighted by Crippen LogP contribution is 2.35. The number of rotatable bonds is 5. The van der Waals surface area contributed by atoms with Crippen molar-refractivity contribution in [1.82, 2.24) is 4.90 Å². The van der Waals surface area contributed by atoms with Gasteiger partial charge in [-0.05, 0) is 33.2 Å². The van der Waals surface area contributed by atoms with Gasteiger partial charge >= 0.3 is 0 Å². The molecular weight excluding hydrogens is 210 g/mol. The summed E-state index contributed by atoms with van der Waals surface area (Å²) in [4.78, 5) is 14.7. The molecule has 17 heavy (non-hydrogen) atoms. The van der Waals surface area contributed by atoms with Crippen LogP contribution in [-0.2, 0) is 4.79 Å². The maximum atomic E-state index is 12.3. The van der Waals surface area contributed by atoms with Crippen LogP contribution in [0.25, 0.3) is 0 Å². The SMILES string of the molecule is CCCC(C)N(C)CC1CCCC(C)(C)C1=O. The molecule has 0 amide bonds. The van der Waals surface area contributed by atoms with Crippen molar-refractivity contribution in [2.75, 3.05) is 13.6 Å². The van der Waals surface area contributed by atoms with Crippen molar-refractivity contribution in [3.63, 3.8) is 0 Å². The van der Waals surface area contributed by atoms with Crippen LogP contribution in [-0.4, -0.2) is 30.3 Å². The quantitative estimate of drug-likeness (QED) is 0.732. The number of nitrogens with zero attached hydrogens (tertiary/aromatic N) is 1. The zero-order valence-corrected chi connectivity index (χ0v) is 12.3. The molecule has 0 aliphatic heterocycles. The van der Waals surface area contributed by atoms with Gasteiger partial charge in [0.1, 0.15) is 5.78 Å². The minimum atomic E-state index is -0.0856. The van der Waals surface area contributed by atoms with Crippen molar-refractivity contribution in [1.29, 1.82) is 0 Å². The normalized spacial score (nSPS) is 26.2. The van der Waals surface area contributed by atoms with Gasteiger partial charge in [0.15, 0.2) is 0 Å². The number of ketones is 1. The highest BCUT2D eigenvalue weighted by Gasteiger charge is 2.37. The molecule has 0 spiro atoms. The van der Waals surface area contributed by atoms with E-state index in [0.29, 0.717) is 11.8 Å². The van der Waals surface area contributed by atoms with Gasteiger partial charge in [0.2, 0.25) is 0 Å². The number of hydrogen-bond donors (Lipinski definition) is 0. The van der Waals surface area contributed by atoms with E-state index in [2.05, 4.69) is 39.6 Å². The molecule has 2 heteroatoms. The lowest BCUT2D eigenvalue weighted by atomic mass is 9.71. The third-order valence-electron chi connectivity index (χ3n) is 4.36. The molecule has 0 bridgehead atoms. The van der Waals surface area contributed by atoms with E-state index in [9.17, 15) is 4.79 Å². The lowest BCUT2D eigenvalue weighted by Gasteiger charge is -2.36. The van der Waals surface area contributed by atoms with Crippen molar-refractivity contribution in [3.05, 3.63) is 0 Å². The minimum absolute atomic E-state index is 0.0856. The van der Waals surface area contributed by atoms with Crippen molar-refractivity contribution < 1.29 is 4.79 Å². The summed E-state index contributed by atoms with van der Waals surface area (Å²) in [5.41, 5.74) is -0.0856. The first kappa shape index (κ1) is 14.7. The fourth-order valence-corrected chi connectivity index (χ4v) is 2.94. The molecule has 0 aromatic carbocycles. The molecule has 0 aromatic heterocycles. The summed E-state index contributed by atoms with van der Waals surface area (Å²) >= 11 is 0. The molecule has 2 unspecified atom stereocenters. The number of carbonyl (C=O) groups excluding carboxylic acids is 1. The molecule has 0 heterocycles. The molecule has 1 aliphatic rings. The van der Waals surface area contributed by atoms with E-state index in [1.807, 2.05) is 0 Å². The van der Waals surface area contributed by atoms with E-state index in [0.717, 1.165) is 19.4 Å². The molecule has 0 aromatic rings. The summed E-state index contributed by atoms with van der Waals surface area (Å²) in [6.07, 6.45) is 5.80. The Labute approximate surface area is 107 Å². The highest BCUT2D eigenvalue weighted by molar-refractivity contribution is 5.87. The molecular formula is C15H29NO. The molecule has 2 atom stereocenters. The topological polar surface area (TPSA) is 20.3 Å². The van der Waals surface area contributed by atoms with E-state index in [1.54, 1.807) is 0 Å². The van der Waals surface area contributed by atoms with Crippen molar-refractivity contribution >= 4 is 5.78 Å². The summed E-state index contributed by atoms with van der Waals surface area (Å²) < 4.78 is 0. The van der Waals surface area contributed by atoms with Crippen LogP contribution >= 0.6 is 0 Å². The Hall–Kier alpha value is -0.370. The average Bonchev–Trinajstić information content (AvgIpc) is 2.25.